The van der Waals surface area contributed by atoms with Gasteiger partial charge in [-0.2, -0.15) is 0 Å². The molecule has 0 spiro atoms. The molecule has 2 aromatic rings. The number of nitrogens with one attached hydrogen (secondary N) is 1. The van der Waals surface area contributed by atoms with Gasteiger partial charge in [-0.3, -0.25) is 4.79 Å². The Morgan fingerprint density at radius 2 is 2.00 bits per heavy atom. The zero-order valence-electron chi connectivity index (χ0n) is 9.61. The number of hydrogen-bond donors (Lipinski definition) is 1. The number of furan rings is 1. The highest BCUT2D eigenvalue weighted by atomic mass is 16.3. The van der Waals surface area contributed by atoms with E-state index in [0.717, 1.165) is 23.8 Å². The molecular formula is C14H15NO2. The normalized spacial score (nSPS) is 16.5. The fraction of sp³-hybridized carbons (Fsp3) is 0.357. The van der Waals surface area contributed by atoms with Crippen molar-refractivity contribution in [1.29, 1.82) is 0 Å². The van der Waals surface area contributed by atoms with Gasteiger partial charge in [0, 0.05) is 11.4 Å². The van der Waals surface area contributed by atoms with Gasteiger partial charge in [-0.05, 0) is 18.9 Å². The van der Waals surface area contributed by atoms with Crippen molar-refractivity contribution in [2.75, 3.05) is 0 Å². The van der Waals surface area contributed by atoms with Crippen LogP contribution in [0.3, 0.4) is 0 Å². The molecule has 1 aromatic carbocycles. The molecular weight excluding hydrogens is 214 g/mol. The summed E-state index contributed by atoms with van der Waals surface area (Å²) in [6.07, 6.45) is 6.19. The van der Waals surface area contributed by atoms with Gasteiger partial charge in [0.1, 0.15) is 11.8 Å². The van der Waals surface area contributed by atoms with Crippen LogP contribution < -0.4 is 5.32 Å². The first-order chi connectivity index (χ1) is 8.34. The molecule has 1 aromatic heterocycles. The molecule has 0 saturated heterocycles. The second-order valence-corrected chi connectivity index (χ2v) is 4.60. The standard InChI is InChI=1S/C14H15NO2/c16-14(15-10-5-1-2-6-10)12-9-17-13-8-4-3-7-11(12)13/h3-4,7-10H,1-2,5-6H2,(H,15,16). The molecule has 0 unspecified atom stereocenters. The first-order valence-electron chi connectivity index (χ1n) is 6.12. The van der Waals surface area contributed by atoms with E-state index in [1.165, 1.54) is 12.8 Å². The minimum absolute atomic E-state index is 0.0122. The number of carbonyl (C=O) groups is 1. The average Bonchev–Trinajstić information content (AvgIpc) is 2.96. The van der Waals surface area contributed by atoms with Gasteiger partial charge >= 0.3 is 0 Å². The molecule has 3 nitrogen and oxygen atoms in total. The maximum absolute atomic E-state index is 12.1. The fourth-order valence-electron chi connectivity index (χ4n) is 2.49. The van der Waals surface area contributed by atoms with Crippen LogP contribution in [-0.2, 0) is 0 Å². The molecule has 1 fully saturated rings. The lowest BCUT2D eigenvalue weighted by Gasteiger charge is -2.10. The first-order valence-corrected chi connectivity index (χ1v) is 6.12. The van der Waals surface area contributed by atoms with Crippen LogP contribution in [0.25, 0.3) is 11.0 Å². The Balaban J connectivity index is 1.85. The highest BCUT2D eigenvalue weighted by Crippen LogP contribution is 2.22. The van der Waals surface area contributed by atoms with E-state index in [0.29, 0.717) is 11.6 Å². The van der Waals surface area contributed by atoms with Gasteiger partial charge in [0.15, 0.2) is 0 Å². The van der Waals surface area contributed by atoms with Gasteiger partial charge in [0.05, 0.1) is 5.56 Å². The minimum atomic E-state index is -0.0122. The summed E-state index contributed by atoms with van der Waals surface area (Å²) in [4.78, 5) is 12.1. The van der Waals surface area contributed by atoms with Crippen molar-refractivity contribution in [2.45, 2.75) is 31.7 Å². The molecule has 0 aliphatic heterocycles. The predicted octanol–water partition coefficient (Wildman–Crippen LogP) is 3.11. The Hall–Kier alpha value is -1.77. The number of hydrogen-bond acceptors (Lipinski definition) is 2. The molecule has 3 rings (SSSR count). The van der Waals surface area contributed by atoms with Crippen molar-refractivity contribution in [3.8, 4) is 0 Å². The Labute approximate surface area is 99.8 Å². The summed E-state index contributed by atoms with van der Waals surface area (Å²) in [6, 6.07) is 7.97. The monoisotopic (exact) mass is 229 g/mol. The second kappa shape index (κ2) is 4.24. The van der Waals surface area contributed by atoms with Gasteiger partial charge in [-0.15, -0.1) is 0 Å². The second-order valence-electron chi connectivity index (χ2n) is 4.60. The smallest absolute Gasteiger partial charge is 0.255 e. The molecule has 1 heterocycles. The minimum Gasteiger partial charge on any atom is -0.463 e. The van der Waals surface area contributed by atoms with Crippen LogP contribution in [0.5, 0.6) is 0 Å². The molecule has 1 saturated carbocycles. The highest BCUT2D eigenvalue weighted by Gasteiger charge is 2.20. The van der Waals surface area contributed by atoms with Crippen LogP contribution in [0.2, 0.25) is 0 Å². The van der Waals surface area contributed by atoms with Crippen molar-refractivity contribution in [3.05, 3.63) is 36.1 Å². The summed E-state index contributed by atoms with van der Waals surface area (Å²) >= 11 is 0. The summed E-state index contributed by atoms with van der Waals surface area (Å²) < 4.78 is 5.37. The quantitative estimate of drug-likeness (QED) is 0.859. The molecule has 1 N–H and O–H groups in total. The maximum Gasteiger partial charge on any atom is 0.255 e. The third-order valence-electron chi connectivity index (χ3n) is 3.42. The third-order valence-corrected chi connectivity index (χ3v) is 3.42. The first kappa shape index (κ1) is 10.4. The lowest BCUT2D eigenvalue weighted by molar-refractivity contribution is 0.0938. The molecule has 88 valence electrons. The highest BCUT2D eigenvalue weighted by molar-refractivity contribution is 6.05. The lowest BCUT2D eigenvalue weighted by atomic mass is 10.1. The summed E-state index contributed by atoms with van der Waals surface area (Å²) in [5.74, 6) is -0.0122. The van der Waals surface area contributed by atoms with Crippen molar-refractivity contribution < 1.29 is 9.21 Å². The summed E-state index contributed by atoms with van der Waals surface area (Å²) in [5, 5.41) is 3.97. The summed E-state index contributed by atoms with van der Waals surface area (Å²) in [7, 11) is 0. The third kappa shape index (κ3) is 1.93. The van der Waals surface area contributed by atoms with E-state index in [-0.39, 0.29) is 5.91 Å². The van der Waals surface area contributed by atoms with Gasteiger partial charge in [0.25, 0.3) is 5.91 Å². The topological polar surface area (TPSA) is 42.2 Å². The summed E-state index contributed by atoms with van der Waals surface area (Å²) in [5.41, 5.74) is 1.41. The van der Waals surface area contributed by atoms with Gasteiger partial charge in [-0.25, -0.2) is 0 Å². The maximum atomic E-state index is 12.1. The SMILES string of the molecule is O=C(NC1CCCC1)c1coc2ccccc12. The van der Waals surface area contributed by atoms with Crippen LogP contribution in [0, 0.1) is 0 Å². The Kier molecular flexibility index (Phi) is 2.59. The molecule has 0 atom stereocenters. The van der Waals surface area contributed by atoms with Crippen LogP contribution in [0.15, 0.2) is 34.9 Å². The Morgan fingerprint density at radius 1 is 1.24 bits per heavy atom. The largest absolute Gasteiger partial charge is 0.463 e. The molecule has 1 amide bonds. The molecule has 1 aliphatic carbocycles. The van der Waals surface area contributed by atoms with Crippen molar-refractivity contribution in [3.63, 3.8) is 0 Å². The zero-order valence-corrected chi connectivity index (χ0v) is 9.61. The Bertz CT molecular complexity index is 538. The van der Waals surface area contributed by atoms with Crippen LogP contribution >= 0.6 is 0 Å². The molecule has 0 radical (unpaired) electrons. The molecule has 17 heavy (non-hydrogen) atoms. The van der Waals surface area contributed by atoms with Crippen molar-refractivity contribution in [1.82, 2.24) is 5.32 Å². The molecule has 0 bridgehead atoms. The zero-order chi connectivity index (χ0) is 11.7. The van der Waals surface area contributed by atoms with Gasteiger partial charge in [0.2, 0.25) is 0 Å². The van der Waals surface area contributed by atoms with E-state index in [2.05, 4.69) is 5.32 Å². The lowest BCUT2D eigenvalue weighted by Crippen LogP contribution is -2.32. The number of para-hydroxylation sites is 1. The van der Waals surface area contributed by atoms with Gasteiger partial charge < -0.3 is 9.73 Å². The van der Waals surface area contributed by atoms with E-state index >= 15 is 0 Å². The Morgan fingerprint density at radius 3 is 2.82 bits per heavy atom. The fourth-order valence-corrected chi connectivity index (χ4v) is 2.49. The predicted molar refractivity (Wildman–Crippen MR) is 65.9 cm³/mol. The van der Waals surface area contributed by atoms with Crippen molar-refractivity contribution in [2.24, 2.45) is 0 Å². The van der Waals surface area contributed by atoms with E-state index < -0.39 is 0 Å². The number of amides is 1. The van der Waals surface area contributed by atoms with Crippen LogP contribution in [-0.4, -0.2) is 11.9 Å². The van der Waals surface area contributed by atoms with E-state index in [1.54, 1.807) is 6.26 Å². The van der Waals surface area contributed by atoms with Crippen LogP contribution in [0.4, 0.5) is 0 Å². The van der Waals surface area contributed by atoms with Crippen LogP contribution in [0.1, 0.15) is 36.0 Å². The average molecular weight is 229 g/mol. The number of fused-ring (bicyclic) bond motifs is 1. The summed E-state index contributed by atoms with van der Waals surface area (Å²) in [6.45, 7) is 0. The molecule has 1 aliphatic rings. The van der Waals surface area contributed by atoms with Gasteiger partial charge in [-0.1, -0.05) is 31.0 Å². The molecule has 3 heteroatoms. The number of benzene rings is 1. The number of rotatable bonds is 2. The van der Waals surface area contributed by atoms with E-state index in [4.69, 9.17) is 4.42 Å². The van der Waals surface area contributed by atoms with Crippen molar-refractivity contribution >= 4 is 16.9 Å². The number of carbonyl (C=O) groups excluding carboxylic acids is 1. The van der Waals surface area contributed by atoms with E-state index in [9.17, 15) is 4.79 Å². The van der Waals surface area contributed by atoms with E-state index in [1.807, 2.05) is 24.3 Å².